The lowest BCUT2D eigenvalue weighted by Gasteiger charge is -2.26. The van der Waals surface area contributed by atoms with Crippen LogP contribution in [0.5, 0.6) is 5.75 Å². The molecule has 0 saturated carbocycles. The summed E-state index contributed by atoms with van der Waals surface area (Å²) in [5.41, 5.74) is 8.22. The Hall–Kier alpha value is -2.54. The summed E-state index contributed by atoms with van der Waals surface area (Å²) in [6.45, 7) is 3.07. The highest BCUT2D eigenvalue weighted by atomic mass is 32.1. The Morgan fingerprint density at radius 3 is 2.64 bits per heavy atom. The number of carbonyl (C=O) groups excluding carboxylic acids is 2. The minimum atomic E-state index is -0.330. The average Bonchev–Trinajstić information content (AvgIpc) is 2.96. The van der Waals surface area contributed by atoms with Crippen LogP contribution < -0.4 is 10.5 Å². The first-order valence-electron chi connectivity index (χ1n) is 8.05. The molecule has 2 N–H and O–H groups in total. The van der Waals surface area contributed by atoms with E-state index in [-0.39, 0.29) is 11.9 Å². The Kier molecular flexibility index (Phi) is 4.94. The number of benzene rings is 1. The molecule has 2 aromatic rings. The van der Waals surface area contributed by atoms with Crippen LogP contribution in [0.15, 0.2) is 24.3 Å². The van der Waals surface area contributed by atoms with E-state index in [1.807, 2.05) is 0 Å². The first-order valence-corrected chi connectivity index (χ1v) is 8.87. The van der Waals surface area contributed by atoms with Crippen molar-refractivity contribution in [2.75, 3.05) is 26.0 Å². The number of carbonyl (C=O) groups is 2. The number of anilines is 1. The van der Waals surface area contributed by atoms with Gasteiger partial charge >= 0.3 is 6.09 Å². The van der Waals surface area contributed by atoms with Crippen LogP contribution in [-0.2, 0) is 17.7 Å². The fraction of sp³-hybridized carbons (Fsp3) is 0.333. The summed E-state index contributed by atoms with van der Waals surface area (Å²) in [4.78, 5) is 27.4. The molecule has 1 aliphatic heterocycles. The molecule has 0 spiro atoms. The Morgan fingerprint density at radius 2 is 2.00 bits per heavy atom. The number of nitrogens with two attached hydrogens (primary N) is 1. The second-order valence-corrected chi connectivity index (χ2v) is 6.81. The van der Waals surface area contributed by atoms with E-state index < -0.39 is 0 Å². The maximum atomic E-state index is 12.9. The van der Waals surface area contributed by atoms with E-state index in [0.717, 1.165) is 10.4 Å². The summed E-state index contributed by atoms with van der Waals surface area (Å²) >= 11 is 1.37. The highest BCUT2D eigenvalue weighted by Gasteiger charge is 2.29. The van der Waals surface area contributed by atoms with Crippen molar-refractivity contribution in [1.29, 1.82) is 0 Å². The van der Waals surface area contributed by atoms with Gasteiger partial charge in [-0.25, -0.2) is 4.79 Å². The number of methoxy groups -OCH3 is 1. The second kappa shape index (κ2) is 7.14. The average molecular weight is 360 g/mol. The van der Waals surface area contributed by atoms with Gasteiger partial charge in [-0.1, -0.05) is 0 Å². The van der Waals surface area contributed by atoms with Gasteiger partial charge in [0.05, 0.1) is 30.8 Å². The number of hydrogen-bond donors (Lipinski definition) is 1. The van der Waals surface area contributed by atoms with E-state index in [9.17, 15) is 9.59 Å². The van der Waals surface area contributed by atoms with Gasteiger partial charge in [-0.15, -0.1) is 11.3 Å². The quantitative estimate of drug-likeness (QED) is 0.848. The number of hydrogen-bond acceptors (Lipinski definition) is 6. The van der Waals surface area contributed by atoms with Gasteiger partial charge in [0.2, 0.25) is 0 Å². The predicted molar refractivity (Wildman–Crippen MR) is 96.3 cm³/mol. The monoisotopic (exact) mass is 360 g/mol. The van der Waals surface area contributed by atoms with Crippen molar-refractivity contribution in [2.45, 2.75) is 19.9 Å². The van der Waals surface area contributed by atoms with Crippen LogP contribution in [0.25, 0.3) is 0 Å². The number of amides is 1. The Morgan fingerprint density at radius 1 is 1.28 bits per heavy atom. The molecule has 6 nitrogen and oxygen atoms in total. The lowest BCUT2D eigenvalue weighted by molar-refractivity contribution is 0.102. The lowest BCUT2D eigenvalue weighted by atomic mass is 9.96. The topological polar surface area (TPSA) is 81.9 Å². The van der Waals surface area contributed by atoms with Crippen LogP contribution in [-0.4, -0.2) is 37.0 Å². The molecule has 2 heterocycles. The molecule has 0 aliphatic carbocycles. The highest BCUT2D eigenvalue weighted by Crippen LogP contribution is 2.36. The first-order chi connectivity index (χ1) is 12.0. The van der Waals surface area contributed by atoms with Gasteiger partial charge in [-0.3, -0.25) is 4.79 Å². The normalized spacial score (nSPS) is 13.3. The van der Waals surface area contributed by atoms with Gasteiger partial charge in [-0.2, -0.15) is 0 Å². The molecule has 0 unspecified atom stereocenters. The van der Waals surface area contributed by atoms with Gasteiger partial charge in [0, 0.05) is 17.0 Å². The molecule has 0 saturated heterocycles. The third kappa shape index (κ3) is 3.32. The third-order valence-electron chi connectivity index (χ3n) is 4.19. The zero-order chi connectivity index (χ0) is 18.0. The predicted octanol–water partition coefficient (Wildman–Crippen LogP) is 3.08. The summed E-state index contributed by atoms with van der Waals surface area (Å²) in [5, 5.41) is 0.497. The van der Waals surface area contributed by atoms with Crippen LogP contribution in [0.1, 0.15) is 33.3 Å². The number of nitrogens with zero attached hydrogens (tertiary/aromatic N) is 1. The molecule has 0 atom stereocenters. The minimum absolute atomic E-state index is 0.0952. The molecule has 25 heavy (non-hydrogen) atoms. The van der Waals surface area contributed by atoms with Crippen LogP contribution in [0, 0.1) is 0 Å². The molecular formula is C18H20N2O4S. The Labute approximate surface area is 150 Å². The number of ether oxygens (including phenoxy) is 2. The summed E-state index contributed by atoms with van der Waals surface area (Å²) in [7, 11) is 1.58. The number of nitrogen functional groups attached to an aromatic ring is 1. The maximum Gasteiger partial charge on any atom is 0.410 e. The Balaban J connectivity index is 1.87. The molecule has 1 aromatic heterocycles. The van der Waals surface area contributed by atoms with Crippen molar-refractivity contribution in [3.8, 4) is 5.75 Å². The van der Waals surface area contributed by atoms with Gasteiger partial charge < -0.3 is 20.1 Å². The maximum absolute atomic E-state index is 12.9. The van der Waals surface area contributed by atoms with E-state index in [2.05, 4.69) is 0 Å². The fourth-order valence-electron chi connectivity index (χ4n) is 2.93. The SMILES string of the molecule is CCOC(=O)N1CCc2c(sc(N)c2C(=O)c2ccc(OC)cc2)C1. The highest BCUT2D eigenvalue weighted by molar-refractivity contribution is 7.16. The van der Waals surface area contributed by atoms with Gasteiger partial charge in [0.1, 0.15) is 5.75 Å². The summed E-state index contributed by atoms with van der Waals surface area (Å²) in [5.74, 6) is 0.601. The van der Waals surface area contributed by atoms with E-state index >= 15 is 0 Å². The van der Waals surface area contributed by atoms with Crippen molar-refractivity contribution in [3.05, 3.63) is 45.8 Å². The molecule has 3 rings (SSSR count). The van der Waals surface area contributed by atoms with Gasteiger partial charge in [0.15, 0.2) is 5.78 Å². The van der Waals surface area contributed by atoms with Crippen molar-refractivity contribution >= 4 is 28.2 Å². The number of thiophene rings is 1. The zero-order valence-corrected chi connectivity index (χ0v) is 15.0. The number of ketones is 1. The summed E-state index contributed by atoms with van der Waals surface area (Å²) < 4.78 is 10.2. The molecule has 1 aromatic carbocycles. The number of rotatable bonds is 4. The van der Waals surface area contributed by atoms with Gasteiger partial charge in [-0.05, 0) is 43.2 Å². The molecule has 0 fully saturated rings. The van der Waals surface area contributed by atoms with Crippen LogP contribution in [0.4, 0.5) is 9.80 Å². The van der Waals surface area contributed by atoms with Crippen molar-refractivity contribution < 1.29 is 19.1 Å². The lowest BCUT2D eigenvalue weighted by Crippen LogP contribution is -2.36. The molecule has 1 aliphatic rings. The Bertz CT molecular complexity index is 798. The second-order valence-electron chi connectivity index (χ2n) is 5.67. The number of fused-ring (bicyclic) bond motifs is 1. The minimum Gasteiger partial charge on any atom is -0.497 e. The molecule has 0 bridgehead atoms. The smallest absolute Gasteiger partial charge is 0.410 e. The summed E-state index contributed by atoms with van der Waals surface area (Å²) in [6.07, 6.45) is 0.266. The van der Waals surface area contributed by atoms with Crippen LogP contribution >= 0.6 is 11.3 Å². The van der Waals surface area contributed by atoms with Crippen LogP contribution in [0.3, 0.4) is 0 Å². The van der Waals surface area contributed by atoms with E-state index in [1.54, 1.807) is 43.2 Å². The molecule has 132 valence electrons. The standard InChI is InChI=1S/C18H20N2O4S/c1-3-24-18(22)20-9-8-13-14(10-20)25-17(19)15(13)16(21)11-4-6-12(23-2)7-5-11/h4-7H,3,8-10,19H2,1-2H3. The van der Waals surface area contributed by atoms with E-state index in [4.69, 9.17) is 15.2 Å². The largest absolute Gasteiger partial charge is 0.497 e. The summed E-state index contributed by atoms with van der Waals surface area (Å²) in [6, 6.07) is 6.98. The van der Waals surface area contributed by atoms with Crippen LogP contribution in [0.2, 0.25) is 0 Å². The molecule has 1 amide bonds. The zero-order valence-electron chi connectivity index (χ0n) is 14.2. The van der Waals surface area contributed by atoms with Gasteiger partial charge in [0.25, 0.3) is 0 Å². The first kappa shape index (κ1) is 17.3. The third-order valence-corrected chi connectivity index (χ3v) is 5.24. The molecule has 7 heteroatoms. The molecular weight excluding hydrogens is 340 g/mol. The van der Waals surface area contributed by atoms with Crippen molar-refractivity contribution in [2.24, 2.45) is 0 Å². The fourth-order valence-corrected chi connectivity index (χ4v) is 4.06. The molecule has 0 radical (unpaired) electrons. The van der Waals surface area contributed by atoms with Crippen molar-refractivity contribution in [1.82, 2.24) is 4.90 Å². The van der Waals surface area contributed by atoms with Crippen molar-refractivity contribution in [3.63, 3.8) is 0 Å². The van der Waals surface area contributed by atoms with E-state index in [0.29, 0.717) is 48.0 Å². The van der Waals surface area contributed by atoms with E-state index in [1.165, 1.54) is 11.3 Å².